The maximum absolute atomic E-state index is 11.5. The van der Waals surface area contributed by atoms with Crippen molar-refractivity contribution in [3.8, 4) is 0 Å². The quantitative estimate of drug-likeness (QED) is 0.796. The van der Waals surface area contributed by atoms with Gasteiger partial charge in [-0.1, -0.05) is 28.1 Å². The van der Waals surface area contributed by atoms with E-state index in [-0.39, 0.29) is 13.0 Å². The average molecular weight is 330 g/mol. The molecule has 1 aromatic rings. The minimum absolute atomic E-state index is 0.126. The van der Waals surface area contributed by atoms with Crippen LogP contribution in [0.3, 0.4) is 0 Å². The molecular formula is C13H16BrNO4. The van der Waals surface area contributed by atoms with Crippen molar-refractivity contribution in [1.29, 1.82) is 0 Å². The molecule has 1 rings (SSSR count). The third kappa shape index (κ3) is 5.85. The maximum Gasteiger partial charge on any atom is 0.326 e. The fourth-order valence-electron chi connectivity index (χ4n) is 1.53. The van der Waals surface area contributed by atoms with E-state index in [1.807, 2.05) is 24.3 Å². The van der Waals surface area contributed by atoms with Gasteiger partial charge in [0.2, 0.25) is 5.91 Å². The zero-order valence-corrected chi connectivity index (χ0v) is 12.1. The molecule has 0 unspecified atom stereocenters. The first kappa shape index (κ1) is 15.7. The van der Waals surface area contributed by atoms with Crippen LogP contribution in [0.2, 0.25) is 0 Å². The third-order valence-corrected chi connectivity index (χ3v) is 2.89. The Morgan fingerprint density at radius 1 is 1.47 bits per heavy atom. The lowest BCUT2D eigenvalue weighted by atomic mass is 10.1. The Labute approximate surface area is 120 Å². The van der Waals surface area contributed by atoms with E-state index in [4.69, 9.17) is 9.84 Å². The SMILES string of the molecule is CCOCC(=O)N[C@H](Cc1cccc(Br)c1)C(=O)O. The highest BCUT2D eigenvalue weighted by Crippen LogP contribution is 2.13. The number of hydrogen-bond donors (Lipinski definition) is 2. The van der Waals surface area contributed by atoms with Crippen molar-refractivity contribution >= 4 is 27.8 Å². The van der Waals surface area contributed by atoms with Gasteiger partial charge in [0.15, 0.2) is 0 Å². The fraction of sp³-hybridized carbons (Fsp3) is 0.385. The molecule has 0 aromatic heterocycles. The number of nitrogens with one attached hydrogen (secondary N) is 1. The van der Waals surface area contributed by atoms with Crippen molar-refractivity contribution in [2.45, 2.75) is 19.4 Å². The van der Waals surface area contributed by atoms with Crippen LogP contribution in [0.4, 0.5) is 0 Å². The molecule has 1 atom stereocenters. The summed E-state index contributed by atoms with van der Waals surface area (Å²) in [5.41, 5.74) is 0.832. The highest BCUT2D eigenvalue weighted by atomic mass is 79.9. The molecule has 0 radical (unpaired) electrons. The summed E-state index contributed by atoms with van der Waals surface area (Å²) in [6.45, 7) is 2.05. The Hall–Kier alpha value is -1.40. The highest BCUT2D eigenvalue weighted by molar-refractivity contribution is 9.10. The molecule has 0 bridgehead atoms. The second kappa shape index (κ2) is 7.91. The van der Waals surface area contributed by atoms with Gasteiger partial charge >= 0.3 is 5.97 Å². The van der Waals surface area contributed by atoms with E-state index in [0.717, 1.165) is 10.0 Å². The second-order valence-electron chi connectivity index (χ2n) is 3.93. The highest BCUT2D eigenvalue weighted by Gasteiger charge is 2.20. The van der Waals surface area contributed by atoms with E-state index in [9.17, 15) is 9.59 Å². The van der Waals surface area contributed by atoms with Gasteiger partial charge < -0.3 is 15.2 Å². The first-order valence-corrected chi connectivity index (χ1v) is 6.66. The maximum atomic E-state index is 11.5. The summed E-state index contributed by atoms with van der Waals surface area (Å²) in [7, 11) is 0. The van der Waals surface area contributed by atoms with Crippen LogP contribution in [-0.4, -0.2) is 36.2 Å². The summed E-state index contributed by atoms with van der Waals surface area (Å²) < 4.78 is 5.80. The van der Waals surface area contributed by atoms with Crippen LogP contribution in [0.5, 0.6) is 0 Å². The van der Waals surface area contributed by atoms with Crippen molar-refractivity contribution in [3.05, 3.63) is 34.3 Å². The number of ether oxygens (including phenoxy) is 1. The number of carboxylic acids is 1. The van der Waals surface area contributed by atoms with Crippen LogP contribution in [0.25, 0.3) is 0 Å². The lowest BCUT2D eigenvalue weighted by molar-refractivity contribution is -0.142. The summed E-state index contributed by atoms with van der Waals surface area (Å²) in [6.07, 6.45) is 0.229. The number of rotatable bonds is 7. The first-order valence-electron chi connectivity index (χ1n) is 5.87. The van der Waals surface area contributed by atoms with E-state index in [2.05, 4.69) is 21.2 Å². The van der Waals surface area contributed by atoms with Gasteiger partial charge in [0.25, 0.3) is 0 Å². The van der Waals surface area contributed by atoms with Gasteiger partial charge in [0.05, 0.1) is 0 Å². The predicted molar refractivity (Wildman–Crippen MR) is 73.9 cm³/mol. The smallest absolute Gasteiger partial charge is 0.326 e. The zero-order chi connectivity index (χ0) is 14.3. The van der Waals surface area contributed by atoms with Crippen LogP contribution < -0.4 is 5.32 Å². The number of benzene rings is 1. The van der Waals surface area contributed by atoms with Gasteiger partial charge in [-0.05, 0) is 24.6 Å². The summed E-state index contributed by atoms with van der Waals surface area (Å²) in [4.78, 5) is 22.6. The Bertz CT molecular complexity index is 450. The molecule has 0 saturated heterocycles. The van der Waals surface area contributed by atoms with Gasteiger partial charge in [-0.3, -0.25) is 4.79 Å². The average Bonchev–Trinajstić information content (AvgIpc) is 2.35. The van der Waals surface area contributed by atoms with Crippen molar-refractivity contribution < 1.29 is 19.4 Å². The number of halogens is 1. The number of carbonyl (C=O) groups excluding carboxylic acids is 1. The van der Waals surface area contributed by atoms with Crippen LogP contribution >= 0.6 is 15.9 Å². The van der Waals surface area contributed by atoms with Crippen LogP contribution in [0.15, 0.2) is 28.7 Å². The molecule has 6 heteroatoms. The molecule has 2 N–H and O–H groups in total. The van der Waals surface area contributed by atoms with Crippen LogP contribution in [0.1, 0.15) is 12.5 Å². The van der Waals surface area contributed by atoms with Gasteiger partial charge in [-0.2, -0.15) is 0 Å². The Balaban J connectivity index is 2.63. The predicted octanol–water partition coefficient (Wildman–Crippen LogP) is 1.60. The van der Waals surface area contributed by atoms with Crippen molar-refractivity contribution in [2.75, 3.05) is 13.2 Å². The standard InChI is InChI=1S/C13H16BrNO4/c1-2-19-8-12(16)15-11(13(17)18)7-9-4-3-5-10(14)6-9/h3-6,11H,2,7-8H2,1H3,(H,15,16)(H,17,18)/t11-/m1/s1. The number of aliphatic carboxylic acids is 1. The summed E-state index contributed by atoms with van der Waals surface area (Å²) in [6, 6.07) is 6.36. The van der Waals surface area contributed by atoms with Gasteiger partial charge in [0.1, 0.15) is 12.6 Å². The van der Waals surface area contributed by atoms with E-state index in [1.54, 1.807) is 6.92 Å². The van der Waals surface area contributed by atoms with Gasteiger partial charge in [0, 0.05) is 17.5 Å². The van der Waals surface area contributed by atoms with E-state index in [0.29, 0.717) is 6.61 Å². The zero-order valence-electron chi connectivity index (χ0n) is 10.6. The van der Waals surface area contributed by atoms with E-state index >= 15 is 0 Å². The molecule has 0 fully saturated rings. The Morgan fingerprint density at radius 2 is 2.21 bits per heavy atom. The number of amides is 1. The normalized spacial score (nSPS) is 11.9. The number of carbonyl (C=O) groups is 2. The summed E-state index contributed by atoms with van der Waals surface area (Å²) >= 11 is 3.32. The van der Waals surface area contributed by atoms with Crippen molar-refractivity contribution in [1.82, 2.24) is 5.32 Å². The summed E-state index contributed by atoms with van der Waals surface area (Å²) in [5, 5.41) is 11.6. The van der Waals surface area contributed by atoms with E-state index in [1.165, 1.54) is 0 Å². The first-order chi connectivity index (χ1) is 9.02. The van der Waals surface area contributed by atoms with Crippen LogP contribution in [0, 0.1) is 0 Å². The molecule has 1 amide bonds. The summed E-state index contributed by atoms with van der Waals surface area (Å²) in [5.74, 6) is -1.49. The minimum Gasteiger partial charge on any atom is -0.480 e. The topological polar surface area (TPSA) is 75.6 Å². The molecule has 0 saturated carbocycles. The third-order valence-electron chi connectivity index (χ3n) is 2.40. The van der Waals surface area contributed by atoms with Crippen molar-refractivity contribution in [3.63, 3.8) is 0 Å². The lowest BCUT2D eigenvalue weighted by Gasteiger charge is -2.14. The molecule has 0 spiro atoms. The second-order valence-corrected chi connectivity index (χ2v) is 4.85. The van der Waals surface area contributed by atoms with Gasteiger partial charge in [-0.25, -0.2) is 4.79 Å². The minimum atomic E-state index is -1.06. The molecule has 104 valence electrons. The lowest BCUT2D eigenvalue weighted by Crippen LogP contribution is -2.43. The molecule has 19 heavy (non-hydrogen) atoms. The monoisotopic (exact) mass is 329 g/mol. The van der Waals surface area contributed by atoms with E-state index < -0.39 is 17.9 Å². The number of carboxylic acid groups (broad SMARTS) is 1. The number of hydrogen-bond acceptors (Lipinski definition) is 3. The van der Waals surface area contributed by atoms with Crippen molar-refractivity contribution in [2.24, 2.45) is 0 Å². The molecule has 0 aliphatic heterocycles. The molecule has 0 heterocycles. The molecule has 1 aromatic carbocycles. The van der Waals surface area contributed by atoms with Crippen LogP contribution in [-0.2, 0) is 20.7 Å². The molecular weight excluding hydrogens is 314 g/mol. The molecule has 0 aliphatic rings. The Kier molecular flexibility index (Phi) is 6.52. The Morgan fingerprint density at radius 3 is 2.79 bits per heavy atom. The molecule has 0 aliphatic carbocycles. The van der Waals surface area contributed by atoms with Gasteiger partial charge in [-0.15, -0.1) is 0 Å². The fourth-order valence-corrected chi connectivity index (χ4v) is 1.98. The largest absolute Gasteiger partial charge is 0.480 e. The molecule has 5 nitrogen and oxygen atoms in total.